The summed E-state index contributed by atoms with van der Waals surface area (Å²) in [4.78, 5) is 2.17. The van der Waals surface area contributed by atoms with E-state index in [0.717, 1.165) is 23.7 Å². The summed E-state index contributed by atoms with van der Waals surface area (Å²) in [6.07, 6.45) is 3.43. The summed E-state index contributed by atoms with van der Waals surface area (Å²) in [6, 6.07) is 7.66. The maximum atomic E-state index is 9.81. The van der Waals surface area contributed by atoms with E-state index in [-0.39, 0.29) is 0 Å². The van der Waals surface area contributed by atoms with Crippen LogP contribution in [-0.4, -0.2) is 18.7 Å². The van der Waals surface area contributed by atoms with Crippen LogP contribution in [-0.2, 0) is 0 Å². The van der Waals surface area contributed by atoms with Crippen molar-refractivity contribution >= 4 is 5.69 Å². The van der Waals surface area contributed by atoms with Crippen LogP contribution in [0.4, 0.5) is 5.69 Å². The summed E-state index contributed by atoms with van der Waals surface area (Å²) in [6.45, 7) is 2.77. The molecule has 1 saturated carbocycles. The fraction of sp³-hybridized carbons (Fsp3) is 0.533. The van der Waals surface area contributed by atoms with Crippen molar-refractivity contribution in [2.45, 2.75) is 32.3 Å². The van der Waals surface area contributed by atoms with Crippen LogP contribution in [0.15, 0.2) is 18.2 Å². The Bertz CT molecular complexity index is 458. The van der Waals surface area contributed by atoms with Gasteiger partial charge in [-0.05, 0) is 37.8 Å². The Morgan fingerprint density at radius 2 is 2.22 bits per heavy atom. The molecule has 0 aliphatic heterocycles. The Labute approximate surface area is 109 Å². The van der Waals surface area contributed by atoms with Gasteiger partial charge in [0, 0.05) is 24.8 Å². The molecule has 2 rings (SSSR count). The van der Waals surface area contributed by atoms with Gasteiger partial charge in [0.15, 0.2) is 0 Å². The highest BCUT2D eigenvalue weighted by Gasteiger charge is 2.21. The first kappa shape index (κ1) is 12.9. The molecule has 1 fully saturated rings. The normalized spacial score (nSPS) is 16.8. The maximum Gasteiger partial charge on any atom is 0.0992 e. The molecular formula is C15H20N2O. The summed E-state index contributed by atoms with van der Waals surface area (Å²) >= 11 is 0. The van der Waals surface area contributed by atoms with E-state index in [1.165, 1.54) is 19.3 Å². The first-order valence-electron chi connectivity index (χ1n) is 6.55. The molecule has 0 radical (unpaired) electrons. The summed E-state index contributed by atoms with van der Waals surface area (Å²) in [5, 5.41) is 18.8. The smallest absolute Gasteiger partial charge is 0.0992 e. The number of anilines is 1. The molecular weight excluding hydrogens is 224 g/mol. The Morgan fingerprint density at radius 1 is 1.50 bits per heavy atom. The second-order valence-electron chi connectivity index (χ2n) is 5.24. The van der Waals surface area contributed by atoms with Crippen molar-refractivity contribution in [3.63, 3.8) is 0 Å². The second kappa shape index (κ2) is 5.41. The summed E-state index contributed by atoms with van der Waals surface area (Å²) in [5.41, 5.74) is 2.53. The van der Waals surface area contributed by atoms with E-state index in [0.29, 0.717) is 5.56 Å². The van der Waals surface area contributed by atoms with Gasteiger partial charge in [-0.25, -0.2) is 0 Å². The van der Waals surface area contributed by atoms with Crippen molar-refractivity contribution < 1.29 is 5.11 Å². The molecule has 0 aromatic heterocycles. The lowest BCUT2D eigenvalue weighted by Crippen LogP contribution is -2.30. The number of aliphatic hydroxyl groups excluding tert-OH is 1. The number of rotatable bonds is 4. The number of hydrogen-bond acceptors (Lipinski definition) is 3. The van der Waals surface area contributed by atoms with E-state index in [2.05, 4.69) is 11.0 Å². The third-order valence-corrected chi connectivity index (χ3v) is 3.78. The Balaban J connectivity index is 2.24. The second-order valence-corrected chi connectivity index (χ2v) is 5.24. The van der Waals surface area contributed by atoms with Crippen LogP contribution in [0.2, 0.25) is 0 Å². The molecule has 1 unspecified atom stereocenters. The molecule has 18 heavy (non-hydrogen) atoms. The number of nitriles is 1. The van der Waals surface area contributed by atoms with Gasteiger partial charge in [-0.15, -0.1) is 0 Å². The van der Waals surface area contributed by atoms with Crippen molar-refractivity contribution in [2.24, 2.45) is 5.92 Å². The summed E-state index contributed by atoms with van der Waals surface area (Å²) < 4.78 is 0. The van der Waals surface area contributed by atoms with Crippen LogP contribution in [0.1, 0.15) is 43.4 Å². The fourth-order valence-electron chi connectivity index (χ4n) is 2.46. The van der Waals surface area contributed by atoms with E-state index in [1.807, 2.05) is 19.2 Å². The SMILES string of the molecule is CC(O)c1ccc(C#N)cc1N(C)CC1CCC1. The van der Waals surface area contributed by atoms with Gasteiger partial charge in [0.2, 0.25) is 0 Å². The molecule has 96 valence electrons. The van der Waals surface area contributed by atoms with Crippen LogP contribution in [0.25, 0.3) is 0 Å². The Hall–Kier alpha value is -1.53. The van der Waals surface area contributed by atoms with Gasteiger partial charge in [-0.1, -0.05) is 12.5 Å². The van der Waals surface area contributed by atoms with Crippen LogP contribution in [0.5, 0.6) is 0 Å². The topological polar surface area (TPSA) is 47.3 Å². The molecule has 0 bridgehead atoms. The number of nitrogens with zero attached hydrogens (tertiary/aromatic N) is 2. The predicted molar refractivity (Wildman–Crippen MR) is 72.4 cm³/mol. The molecule has 1 N–H and O–H groups in total. The van der Waals surface area contributed by atoms with E-state index < -0.39 is 6.10 Å². The van der Waals surface area contributed by atoms with Crippen LogP contribution in [0.3, 0.4) is 0 Å². The quantitative estimate of drug-likeness (QED) is 0.886. The predicted octanol–water partition coefficient (Wildman–Crippen LogP) is 2.85. The number of benzene rings is 1. The van der Waals surface area contributed by atoms with Gasteiger partial charge in [-0.3, -0.25) is 0 Å². The minimum absolute atomic E-state index is 0.503. The van der Waals surface area contributed by atoms with Crippen molar-refractivity contribution in [2.75, 3.05) is 18.5 Å². The van der Waals surface area contributed by atoms with Gasteiger partial charge in [0.05, 0.1) is 17.7 Å². The van der Waals surface area contributed by atoms with Gasteiger partial charge >= 0.3 is 0 Å². The van der Waals surface area contributed by atoms with E-state index >= 15 is 0 Å². The van der Waals surface area contributed by atoms with Crippen molar-refractivity contribution in [3.05, 3.63) is 29.3 Å². The molecule has 1 atom stereocenters. The van der Waals surface area contributed by atoms with Gasteiger partial charge < -0.3 is 10.0 Å². The van der Waals surface area contributed by atoms with Gasteiger partial charge in [-0.2, -0.15) is 5.26 Å². The average Bonchev–Trinajstić information content (AvgIpc) is 2.32. The Morgan fingerprint density at radius 3 is 2.72 bits per heavy atom. The van der Waals surface area contributed by atoms with Crippen molar-refractivity contribution in [1.82, 2.24) is 0 Å². The minimum atomic E-state index is -0.503. The molecule has 3 nitrogen and oxygen atoms in total. The molecule has 1 aliphatic carbocycles. The van der Waals surface area contributed by atoms with E-state index in [4.69, 9.17) is 5.26 Å². The maximum absolute atomic E-state index is 9.81. The van der Waals surface area contributed by atoms with Gasteiger partial charge in [0.1, 0.15) is 0 Å². The molecule has 1 aromatic rings. The van der Waals surface area contributed by atoms with E-state index in [9.17, 15) is 5.11 Å². The fourth-order valence-corrected chi connectivity index (χ4v) is 2.46. The number of aliphatic hydroxyl groups is 1. The Kier molecular flexibility index (Phi) is 3.88. The highest BCUT2D eigenvalue weighted by Crippen LogP contribution is 2.31. The summed E-state index contributed by atoms with van der Waals surface area (Å²) in [7, 11) is 2.04. The van der Waals surface area contributed by atoms with Crippen molar-refractivity contribution in [3.8, 4) is 6.07 Å². The van der Waals surface area contributed by atoms with Gasteiger partial charge in [0.25, 0.3) is 0 Å². The first-order valence-corrected chi connectivity index (χ1v) is 6.55. The average molecular weight is 244 g/mol. The number of hydrogen-bond donors (Lipinski definition) is 1. The van der Waals surface area contributed by atoms with Crippen LogP contribution >= 0.6 is 0 Å². The van der Waals surface area contributed by atoms with Crippen LogP contribution < -0.4 is 4.90 Å². The standard InChI is InChI=1S/C15H20N2O/c1-11(18)14-7-6-13(9-16)8-15(14)17(2)10-12-4-3-5-12/h6-8,11-12,18H,3-5,10H2,1-2H3. The zero-order valence-corrected chi connectivity index (χ0v) is 11.1. The zero-order valence-electron chi connectivity index (χ0n) is 11.1. The third kappa shape index (κ3) is 2.65. The van der Waals surface area contributed by atoms with Crippen LogP contribution in [0, 0.1) is 17.2 Å². The molecule has 3 heteroatoms. The molecule has 0 amide bonds. The molecule has 0 saturated heterocycles. The molecule has 0 heterocycles. The summed E-state index contributed by atoms with van der Waals surface area (Å²) in [5.74, 6) is 0.766. The zero-order chi connectivity index (χ0) is 13.1. The lowest BCUT2D eigenvalue weighted by Gasteiger charge is -2.32. The minimum Gasteiger partial charge on any atom is -0.389 e. The highest BCUT2D eigenvalue weighted by atomic mass is 16.3. The molecule has 0 spiro atoms. The largest absolute Gasteiger partial charge is 0.389 e. The monoisotopic (exact) mass is 244 g/mol. The first-order chi connectivity index (χ1) is 8.61. The molecule has 1 aromatic carbocycles. The van der Waals surface area contributed by atoms with Crippen molar-refractivity contribution in [1.29, 1.82) is 5.26 Å². The lowest BCUT2D eigenvalue weighted by atomic mass is 9.85. The third-order valence-electron chi connectivity index (χ3n) is 3.78. The molecule has 1 aliphatic rings. The highest BCUT2D eigenvalue weighted by molar-refractivity contribution is 5.58. The lowest BCUT2D eigenvalue weighted by molar-refractivity contribution is 0.199. The van der Waals surface area contributed by atoms with E-state index in [1.54, 1.807) is 13.0 Å².